The number of anilines is 1. The Morgan fingerprint density at radius 1 is 1.00 bits per heavy atom. The van der Waals surface area contributed by atoms with Crippen molar-refractivity contribution in [1.29, 1.82) is 0 Å². The fourth-order valence-corrected chi connectivity index (χ4v) is 3.28. The molecule has 0 atom stereocenters. The first kappa shape index (κ1) is 20.3. The van der Waals surface area contributed by atoms with Gasteiger partial charge in [-0.3, -0.25) is 4.90 Å². The van der Waals surface area contributed by atoms with Crippen molar-refractivity contribution in [3.63, 3.8) is 0 Å². The van der Waals surface area contributed by atoms with Crippen LogP contribution in [0.1, 0.15) is 11.3 Å². The number of halogens is 4. The Hall–Kier alpha value is -2.45. The van der Waals surface area contributed by atoms with E-state index < -0.39 is 11.7 Å². The Bertz CT molecular complexity index is 888. The summed E-state index contributed by atoms with van der Waals surface area (Å²) < 4.78 is 50.3. The number of rotatable bonds is 4. The van der Waals surface area contributed by atoms with Crippen molar-refractivity contribution >= 4 is 18.1 Å². The fourth-order valence-electron chi connectivity index (χ4n) is 3.28. The second kappa shape index (κ2) is 8.28. The minimum Gasteiger partial charge on any atom is -0.463 e. The molecular weight excluding hydrogens is 395 g/mol. The number of furan rings is 1. The average molecular weight is 414 g/mol. The summed E-state index contributed by atoms with van der Waals surface area (Å²) in [4.78, 5) is 3.92. The van der Waals surface area contributed by atoms with E-state index in [0.29, 0.717) is 49.9 Å². The van der Waals surface area contributed by atoms with Gasteiger partial charge >= 0.3 is 6.18 Å². The molecular formula is C19H19ClF3N3O2. The van der Waals surface area contributed by atoms with Crippen molar-refractivity contribution in [3.8, 4) is 11.5 Å². The van der Waals surface area contributed by atoms with Crippen LogP contribution >= 0.6 is 12.4 Å². The quantitative estimate of drug-likeness (QED) is 0.620. The fraction of sp³-hybridized carbons (Fsp3) is 0.316. The number of hydrogen-bond acceptors (Lipinski definition) is 5. The van der Waals surface area contributed by atoms with Crippen LogP contribution in [0.2, 0.25) is 0 Å². The number of aromatic nitrogens is 1. The summed E-state index contributed by atoms with van der Waals surface area (Å²) in [7, 11) is 0. The number of benzene rings is 1. The van der Waals surface area contributed by atoms with Gasteiger partial charge in [0.25, 0.3) is 0 Å². The molecule has 150 valence electrons. The van der Waals surface area contributed by atoms with Crippen molar-refractivity contribution in [2.45, 2.75) is 12.7 Å². The monoisotopic (exact) mass is 413 g/mol. The van der Waals surface area contributed by atoms with E-state index in [1.54, 1.807) is 29.4 Å². The summed E-state index contributed by atoms with van der Waals surface area (Å²) in [5, 5.41) is 3.99. The highest BCUT2D eigenvalue weighted by Crippen LogP contribution is 2.36. The van der Waals surface area contributed by atoms with Gasteiger partial charge in [0.1, 0.15) is 5.69 Å². The van der Waals surface area contributed by atoms with E-state index in [2.05, 4.69) is 10.1 Å². The van der Waals surface area contributed by atoms with Crippen LogP contribution in [0.25, 0.3) is 11.5 Å². The summed E-state index contributed by atoms with van der Waals surface area (Å²) in [5.41, 5.74) is 0.286. The molecule has 1 saturated heterocycles. The lowest BCUT2D eigenvalue weighted by atomic mass is 10.1. The third-order valence-electron chi connectivity index (χ3n) is 4.63. The molecule has 1 fully saturated rings. The number of para-hydroxylation sites is 1. The summed E-state index contributed by atoms with van der Waals surface area (Å²) >= 11 is 0. The maximum absolute atomic E-state index is 13.2. The van der Waals surface area contributed by atoms with Gasteiger partial charge in [0.15, 0.2) is 11.5 Å². The SMILES string of the molecule is Cl.FC(F)(F)c1ccccc1N1CCN(Cc2cc(-c3ccco3)no2)CC1. The summed E-state index contributed by atoms with van der Waals surface area (Å²) in [6.07, 6.45) is -2.78. The Balaban J connectivity index is 0.00000225. The predicted molar refractivity (Wildman–Crippen MR) is 100 cm³/mol. The minimum absolute atomic E-state index is 0. The van der Waals surface area contributed by atoms with Crippen molar-refractivity contribution in [2.75, 3.05) is 31.1 Å². The first-order valence-electron chi connectivity index (χ1n) is 8.64. The van der Waals surface area contributed by atoms with E-state index in [0.717, 1.165) is 6.07 Å². The molecule has 0 radical (unpaired) electrons. The molecule has 0 bridgehead atoms. The molecule has 28 heavy (non-hydrogen) atoms. The van der Waals surface area contributed by atoms with Crippen molar-refractivity contribution in [3.05, 3.63) is 60.1 Å². The Morgan fingerprint density at radius 2 is 1.75 bits per heavy atom. The summed E-state index contributed by atoms with van der Waals surface area (Å²) in [5.74, 6) is 1.34. The maximum Gasteiger partial charge on any atom is 0.418 e. The highest BCUT2D eigenvalue weighted by atomic mass is 35.5. The van der Waals surface area contributed by atoms with Gasteiger partial charge in [0.2, 0.25) is 0 Å². The highest BCUT2D eigenvalue weighted by Gasteiger charge is 2.35. The molecule has 4 rings (SSSR count). The van der Waals surface area contributed by atoms with Gasteiger partial charge in [0.05, 0.1) is 18.4 Å². The van der Waals surface area contributed by atoms with Crippen LogP contribution in [-0.2, 0) is 12.7 Å². The zero-order valence-corrected chi connectivity index (χ0v) is 15.7. The lowest BCUT2D eigenvalue weighted by molar-refractivity contribution is -0.137. The molecule has 1 aliphatic heterocycles. The zero-order chi connectivity index (χ0) is 18.9. The van der Waals surface area contributed by atoms with Crippen LogP contribution < -0.4 is 4.90 Å². The maximum atomic E-state index is 13.2. The largest absolute Gasteiger partial charge is 0.463 e. The van der Waals surface area contributed by atoms with Crippen LogP contribution in [0.5, 0.6) is 0 Å². The molecule has 3 heterocycles. The Kier molecular flexibility index (Phi) is 6.00. The summed E-state index contributed by atoms with van der Waals surface area (Å²) in [6, 6.07) is 11.1. The van der Waals surface area contributed by atoms with Crippen LogP contribution in [0.4, 0.5) is 18.9 Å². The third-order valence-corrected chi connectivity index (χ3v) is 4.63. The first-order chi connectivity index (χ1) is 13.0. The van der Waals surface area contributed by atoms with Crippen LogP contribution in [0, 0.1) is 0 Å². The van der Waals surface area contributed by atoms with Crippen LogP contribution in [-0.4, -0.2) is 36.2 Å². The smallest absolute Gasteiger partial charge is 0.418 e. The Morgan fingerprint density at radius 3 is 2.43 bits per heavy atom. The molecule has 0 saturated carbocycles. The lowest BCUT2D eigenvalue weighted by Crippen LogP contribution is -2.46. The molecule has 0 spiro atoms. The van der Waals surface area contributed by atoms with Crippen molar-refractivity contribution < 1.29 is 22.1 Å². The van der Waals surface area contributed by atoms with E-state index in [1.165, 1.54) is 12.1 Å². The number of alkyl halides is 3. The van der Waals surface area contributed by atoms with Crippen molar-refractivity contribution in [2.24, 2.45) is 0 Å². The molecule has 2 aromatic heterocycles. The minimum atomic E-state index is -4.35. The number of nitrogens with zero attached hydrogens (tertiary/aromatic N) is 3. The molecule has 9 heteroatoms. The van der Waals surface area contributed by atoms with E-state index in [9.17, 15) is 13.2 Å². The molecule has 5 nitrogen and oxygen atoms in total. The summed E-state index contributed by atoms with van der Waals surface area (Å²) in [6.45, 7) is 2.88. The molecule has 1 aromatic carbocycles. The second-order valence-corrected chi connectivity index (χ2v) is 6.43. The molecule has 0 N–H and O–H groups in total. The average Bonchev–Trinajstić information content (AvgIpc) is 3.33. The van der Waals surface area contributed by atoms with E-state index >= 15 is 0 Å². The van der Waals surface area contributed by atoms with Crippen LogP contribution in [0.15, 0.2) is 57.7 Å². The van der Waals surface area contributed by atoms with E-state index in [4.69, 9.17) is 8.94 Å². The van der Waals surface area contributed by atoms with Gasteiger partial charge in [-0.15, -0.1) is 12.4 Å². The van der Waals surface area contributed by atoms with Gasteiger partial charge < -0.3 is 13.8 Å². The third kappa shape index (κ3) is 4.34. The van der Waals surface area contributed by atoms with Crippen molar-refractivity contribution in [1.82, 2.24) is 10.1 Å². The molecule has 0 unspecified atom stereocenters. The standard InChI is InChI=1S/C19H18F3N3O2.ClH/c20-19(21,22)15-4-1-2-5-17(15)25-9-7-24(8-10-25)13-14-12-16(23-27-14)18-6-3-11-26-18;/h1-6,11-12H,7-10,13H2;1H. The Labute approximate surface area is 166 Å². The lowest BCUT2D eigenvalue weighted by Gasteiger charge is -2.36. The highest BCUT2D eigenvalue weighted by molar-refractivity contribution is 5.85. The van der Waals surface area contributed by atoms with Gasteiger partial charge in [-0.25, -0.2) is 0 Å². The second-order valence-electron chi connectivity index (χ2n) is 6.43. The van der Waals surface area contributed by atoms with Gasteiger partial charge in [-0.05, 0) is 24.3 Å². The first-order valence-corrected chi connectivity index (χ1v) is 8.64. The van der Waals surface area contributed by atoms with Crippen LogP contribution in [0.3, 0.4) is 0 Å². The zero-order valence-electron chi connectivity index (χ0n) is 14.9. The van der Waals surface area contributed by atoms with Gasteiger partial charge in [-0.1, -0.05) is 17.3 Å². The molecule has 3 aromatic rings. The molecule has 0 aliphatic carbocycles. The van der Waals surface area contributed by atoms with Gasteiger partial charge in [-0.2, -0.15) is 13.2 Å². The number of piperazine rings is 1. The molecule has 1 aliphatic rings. The number of hydrogen-bond donors (Lipinski definition) is 0. The molecule has 0 amide bonds. The van der Waals surface area contributed by atoms with Gasteiger partial charge in [0, 0.05) is 37.9 Å². The van der Waals surface area contributed by atoms with E-state index in [1.807, 2.05) is 6.07 Å². The normalized spacial score (nSPS) is 15.5. The van der Waals surface area contributed by atoms with E-state index in [-0.39, 0.29) is 18.1 Å². The predicted octanol–water partition coefficient (Wildman–Crippen LogP) is 4.70. The topological polar surface area (TPSA) is 45.7 Å².